The Labute approximate surface area is 96.1 Å². The highest BCUT2D eigenvalue weighted by molar-refractivity contribution is 5.84. The molecule has 0 aliphatic rings. The summed E-state index contributed by atoms with van der Waals surface area (Å²) < 4.78 is 13.4. The molecule has 0 radical (unpaired) electrons. The van der Waals surface area contributed by atoms with Gasteiger partial charge >= 0.3 is 0 Å². The molecule has 1 atom stereocenters. The predicted molar refractivity (Wildman–Crippen MR) is 64.5 cm³/mol. The van der Waals surface area contributed by atoms with Gasteiger partial charge in [-0.1, -0.05) is 26.3 Å². The van der Waals surface area contributed by atoms with Crippen molar-refractivity contribution in [3.05, 3.63) is 29.6 Å². The molecular weight excluding hydrogens is 205 g/mol. The minimum atomic E-state index is -0.455. The summed E-state index contributed by atoms with van der Waals surface area (Å²) in [6.07, 6.45) is 1.65. The Hall–Kier alpha value is -1.38. The number of halogens is 1. The largest absolute Gasteiger partial charge is 0.374 e. The van der Waals surface area contributed by atoms with E-state index in [1.165, 1.54) is 6.07 Å². The number of anilines is 1. The Morgan fingerprint density at radius 3 is 2.75 bits per heavy atom. The van der Waals surface area contributed by atoms with Crippen LogP contribution in [0.5, 0.6) is 0 Å². The van der Waals surface area contributed by atoms with Crippen molar-refractivity contribution >= 4 is 12.0 Å². The van der Waals surface area contributed by atoms with Crippen molar-refractivity contribution in [2.45, 2.75) is 20.3 Å². The van der Waals surface area contributed by atoms with Crippen LogP contribution in [0, 0.1) is 11.7 Å². The van der Waals surface area contributed by atoms with E-state index in [0.717, 1.165) is 13.0 Å². The van der Waals surface area contributed by atoms with Gasteiger partial charge < -0.3 is 4.90 Å². The van der Waals surface area contributed by atoms with Gasteiger partial charge in [-0.05, 0) is 18.1 Å². The number of hydrogen-bond acceptors (Lipinski definition) is 2. The quantitative estimate of drug-likeness (QED) is 0.715. The summed E-state index contributed by atoms with van der Waals surface area (Å²) in [7, 11) is 1.88. The van der Waals surface area contributed by atoms with Crippen molar-refractivity contribution in [3.8, 4) is 0 Å². The van der Waals surface area contributed by atoms with Crippen molar-refractivity contribution in [1.82, 2.24) is 0 Å². The minimum absolute atomic E-state index is 0.147. The van der Waals surface area contributed by atoms with Gasteiger partial charge in [-0.3, -0.25) is 4.79 Å². The molecule has 0 aliphatic carbocycles. The van der Waals surface area contributed by atoms with Crippen molar-refractivity contribution in [2.75, 3.05) is 18.5 Å². The molecule has 0 bridgehead atoms. The molecule has 0 amide bonds. The topological polar surface area (TPSA) is 20.3 Å². The van der Waals surface area contributed by atoms with E-state index >= 15 is 0 Å². The van der Waals surface area contributed by atoms with Crippen LogP contribution in [0.25, 0.3) is 0 Å². The van der Waals surface area contributed by atoms with Gasteiger partial charge in [-0.25, -0.2) is 4.39 Å². The third-order valence-electron chi connectivity index (χ3n) is 2.84. The minimum Gasteiger partial charge on any atom is -0.374 e. The summed E-state index contributed by atoms with van der Waals surface area (Å²) in [5, 5.41) is 0. The van der Waals surface area contributed by atoms with Crippen LogP contribution in [0.3, 0.4) is 0 Å². The molecule has 0 aliphatic heterocycles. The molecule has 1 aromatic rings. The van der Waals surface area contributed by atoms with Gasteiger partial charge in [0.2, 0.25) is 0 Å². The first-order valence-corrected chi connectivity index (χ1v) is 5.55. The summed E-state index contributed by atoms with van der Waals surface area (Å²) in [4.78, 5) is 12.8. The highest BCUT2D eigenvalue weighted by Gasteiger charge is 2.12. The van der Waals surface area contributed by atoms with Gasteiger partial charge in [-0.15, -0.1) is 0 Å². The third-order valence-corrected chi connectivity index (χ3v) is 2.84. The van der Waals surface area contributed by atoms with Gasteiger partial charge in [0.1, 0.15) is 5.82 Å². The van der Waals surface area contributed by atoms with Crippen LogP contribution in [-0.2, 0) is 0 Å². The number of nitrogens with zero attached hydrogens (tertiary/aromatic N) is 1. The van der Waals surface area contributed by atoms with Crippen LogP contribution >= 0.6 is 0 Å². The average molecular weight is 223 g/mol. The summed E-state index contributed by atoms with van der Waals surface area (Å²) in [5.41, 5.74) is 0.809. The Morgan fingerprint density at radius 1 is 1.50 bits per heavy atom. The Bertz CT molecular complexity index is 365. The molecule has 1 unspecified atom stereocenters. The predicted octanol–water partition coefficient (Wildman–Crippen LogP) is 3.12. The van der Waals surface area contributed by atoms with Crippen molar-refractivity contribution < 1.29 is 9.18 Å². The molecular formula is C13H18FNO. The summed E-state index contributed by atoms with van der Waals surface area (Å²) in [5.74, 6) is 0.0660. The van der Waals surface area contributed by atoms with Crippen LogP contribution in [-0.4, -0.2) is 19.9 Å². The van der Waals surface area contributed by atoms with Crippen molar-refractivity contribution in [1.29, 1.82) is 0 Å². The fraction of sp³-hybridized carbons (Fsp3) is 0.462. The maximum Gasteiger partial charge on any atom is 0.155 e. The van der Waals surface area contributed by atoms with Gasteiger partial charge in [0.15, 0.2) is 6.29 Å². The van der Waals surface area contributed by atoms with Gasteiger partial charge in [0, 0.05) is 19.3 Å². The lowest BCUT2D eigenvalue weighted by Gasteiger charge is -2.24. The van der Waals surface area contributed by atoms with E-state index in [1.54, 1.807) is 12.1 Å². The zero-order valence-electron chi connectivity index (χ0n) is 10.0. The third kappa shape index (κ3) is 2.81. The maximum absolute atomic E-state index is 13.4. The van der Waals surface area contributed by atoms with E-state index in [2.05, 4.69) is 13.8 Å². The molecule has 0 heterocycles. The summed E-state index contributed by atoms with van der Waals surface area (Å²) in [6.45, 7) is 5.07. The van der Waals surface area contributed by atoms with E-state index in [-0.39, 0.29) is 5.56 Å². The normalized spacial score (nSPS) is 12.2. The molecule has 1 rings (SSSR count). The first-order chi connectivity index (χ1) is 7.60. The van der Waals surface area contributed by atoms with Crippen LogP contribution in [0.4, 0.5) is 10.1 Å². The monoisotopic (exact) mass is 223 g/mol. The maximum atomic E-state index is 13.4. The van der Waals surface area contributed by atoms with Crippen LogP contribution in [0.1, 0.15) is 30.6 Å². The zero-order chi connectivity index (χ0) is 12.1. The van der Waals surface area contributed by atoms with E-state index in [4.69, 9.17) is 0 Å². The number of hydrogen-bond donors (Lipinski definition) is 0. The lowest BCUT2D eigenvalue weighted by molar-refractivity contribution is 0.112. The number of carbonyl (C=O) groups excluding carboxylic acids is 1. The smallest absolute Gasteiger partial charge is 0.155 e. The standard InChI is InChI=1S/C13H18FNO/c1-4-10(2)8-15(3)13-7-5-6-12(14)11(13)9-16/h5-7,9-10H,4,8H2,1-3H3. The lowest BCUT2D eigenvalue weighted by Crippen LogP contribution is -2.24. The molecule has 16 heavy (non-hydrogen) atoms. The molecule has 0 saturated carbocycles. The number of aldehydes is 1. The Morgan fingerprint density at radius 2 is 2.19 bits per heavy atom. The van der Waals surface area contributed by atoms with E-state index < -0.39 is 5.82 Å². The second-order valence-electron chi connectivity index (χ2n) is 4.18. The Kier molecular flexibility index (Phi) is 4.47. The summed E-state index contributed by atoms with van der Waals surface area (Å²) >= 11 is 0. The molecule has 0 saturated heterocycles. The van der Waals surface area contributed by atoms with Crippen LogP contribution in [0.15, 0.2) is 18.2 Å². The Balaban J connectivity index is 2.94. The first-order valence-electron chi connectivity index (χ1n) is 5.55. The van der Waals surface area contributed by atoms with Crippen molar-refractivity contribution in [2.24, 2.45) is 5.92 Å². The molecule has 1 aromatic carbocycles. The van der Waals surface area contributed by atoms with E-state index in [1.807, 2.05) is 11.9 Å². The van der Waals surface area contributed by atoms with Crippen molar-refractivity contribution in [3.63, 3.8) is 0 Å². The second kappa shape index (κ2) is 5.64. The van der Waals surface area contributed by atoms with Gasteiger partial charge in [-0.2, -0.15) is 0 Å². The highest BCUT2D eigenvalue weighted by Crippen LogP contribution is 2.21. The van der Waals surface area contributed by atoms with Crippen LogP contribution in [0.2, 0.25) is 0 Å². The lowest BCUT2D eigenvalue weighted by atomic mass is 10.1. The van der Waals surface area contributed by atoms with Gasteiger partial charge in [0.05, 0.1) is 5.56 Å². The second-order valence-corrected chi connectivity index (χ2v) is 4.18. The number of benzene rings is 1. The number of carbonyl (C=O) groups is 1. The molecule has 0 aromatic heterocycles. The van der Waals surface area contributed by atoms with E-state index in [0.29, 0.717) is 17.9 Å². The fourth-order valence-electron chi connectivity index (χ4n) is 1.67. The molecule has 2 nitrogen and oxygen atoms in total. The fourth-order valence-corrected chi connectivity index (χ4v) is 1.67. The SMILES string of the molecule is CCC(C)CN(C)c1cccc(F)c1C=O. The zero-order valence-corrected chi connectivity index (χ0v) is 10.0. The van der Waals surface area contributed by atoms with Crippen LogP contribution < -0.4 is 4.90 Å². The first kappa shape index (κ1) is 12.7. The molecule has 0 N–H and O–H groups in total. The molecule has 3 heteroatoms. The van der Waals surface area contributed by atoms with E-state index in [9.17, 15) is 9.18 Å². The molecule has 0 fully saturated rings. The summed E-state index contributed by atoms with van der Waals surface area (Å²) in [6, 6.07) is 4.71. The van der Waals surface area contributed by atoms with Gasteiger partial charge in [0.25, 0.3) is 0 Å². The molecule has 0 spiro atoms. The highest BCUT2D eigenvalue weighted by atomic mass is 19.1. The molecule has 88 valence electrons. The average Bonchev–Trinajstić information content (AvgIpc) is 2.28. The number of rotatable bonds is 5.